The number of hydrogen-bond acceptors (Lipinski definition) is 3. The first-order valence-corrected chi connectivity index (χ1v) is 6.57. The van der Waals surface area contributed by atoms with E-state index in [1.165, 1.54) is 25.9 Å². The molecule has 0 radical (unpaired) electrons. The molecule has 1 aliphatic heterocycles. The number of imidazole rings is 1. The fourth-order valence-corrected chi connectivity index (χ4v) is 2.39. The zero-order valence-corrected chi connectivity index (χ0v) is 10.5. The lowest BCUT2D eigenvalue weighted by atomic mass is 10.3. The van der Waals surface area contributed by atoms with Crippen LogP contribution in [0.1, 0.15) is 12.8 Å². The Morgan fingerprint density at radius 3 is 2.67 bits per heavy atom. The largest absolute Gasteiger partial charge is 0.335 e. The van der Waals surface area contributed by atoms with E-state index in [0.717, 1.165) is 24.5 Å². The van der Waals surface area contributed by atoms with Gasteiger partial charge in [-0.3, -0.25) is 4.98 Å². The molecule has 1 fully saturated rings. The lowest BCUT2D eigenvalue weighted by Crippen LogP contribution is -2.23. The van der Waals surface area contributed by atoms with E-state index in [4.69, 9.17) is 0 Å². The molecule has 3 heterocycles. The number of pyridine rings is 1. The van der Waals surface area contributed by atoms with Gasteiger partial charge in [0, 0.05) is 25.5 Å². The van der Waals surface area contributed by atoms with Gasteiger partial charge >= 0.3 is 0 Å². The number of hydrogen-bond donors (Lipinski definition) is 0. The lowest BCUT2D eigenvalue weighted by Gasteiger charge is -2.14. The summed E-state index contributed by atoms with van der Waals surface area (Å²) >= 11 is 0. The predicted octanol–water partition coefficient (Wildman–Crippen LogP) is 2.04. The highest BCUT2D eigenvalue weighted by Gasteiger charge is 2.11. The normalized spacial score (nSPS) is 16.2. The monoisotopic (exact) mass is 242 g/mol. The average Bonchev–Trinajstić information content (AvgIpc) is 3.09. The van der Waals surface area contributed by atoms with Gasteiger partial charge in [0.05, 0.1) is 12.0 Å². The predicted molar refractivity (Wildman–Crippen MR) is 71.1 cm³/mol. The van der Waals surface area contributed by atoms with Crippen LogP contribution in [0.3, 0.4) is 0 Å². The fourth-order valence-electron chi connectivity index (χ4n) is 2.39. The van der Waals surface area contributed by atoms with E-state index in [9.17, 15) is 0 Å². The maximum atomic E-state index is 4.41. The summed E-state index contributed by atoms with van der Waals surface area (Å²) in [6.45, 7) is 4.64. The molecule has 1 saturated heterocycles. The second-order valence-electron chi connectivity index (χ2n) is 4.76. The van der Waals surface area contributed by atoms with E-state index in [-0.39, 0.29) is 0 Å². The Morgan fingerprint density at radius 1 is 1.00 bits per heavy atom. The van der Waals surface area contributed by atoms with Gasteiger partial charge < -0.3 is 9.47 Å². The van der Waals surface area contributed by atoms with Crippen molar-refractivity contribution in [2.45, 2.75) is 19.4 Å². The van der Waals surface area contributed by atoms with Gasteiger partial charge in [0.15, 0.2) is 0 Å². The summed E-state index contributed by atoms with van der Waals surface area (Å²) in [6, 6.07) is 5.91. The second-order valence-corrected chi connectivity index (χ2v) is 4.76. The van der Waals surface area contributed by atoms with Crippen LogP contribution in [0.25, 0.3) is 11.4 Å². The van der Waals surface area contributed by atoms with Crippen LogP contribution in [0.2, 0.25) is 0 Å². The van der Waals surface area contributed by atoms with Gasteiger partial charge in [-0.2, -0.15) is 0 Å². The maximum absolute atomic E-state index is 4.41. The second kappa shape index (κ2) is 5.31. The minimum absolute atomic E-state index is 0.942. The first kappa shape index (κ1) is 11.4. The molecule has 0 N–H and O–H groups in total. The van der Waals surface area contributed by atoms with Crippen LogP contribution in [0, 0.1) is 0 Å². The summed E-state index contributed by atoms with van der Waals surface area (Å²) in [4.78, 5) is 11.2. The molecular weight excluding hydrogens is 224 g/mol. The quantitative estimate of drug-likeness (QED) is 0.822. The Hall–Kier alpha value is -1.68. The Labute approximate surface area is 107 Å². The smallest absolute Gasteiger partial charge is 0.107 e. The number of nitrogens with zero attached hydrogens (tertiary/aromatic N) is 4. The number of rotatable bonds is 4. The molecule has 0 bridgehead atoms. The van der Waals surface area contributed by atoms with Crippen molar-refractivity contribution in [2.24, 2.45) is 0 Å². The van der Waals surface area contributed by atoms with Gasteiger partial charge in [-0.25, -0.2) is 4.98 Å². The minimum atomic E-state index is 0.942. The highest BCUT2D eigenvalue weighted by atomic mass is 15.2. The summed E-state index contributed by atoms with van der Waals surface area (Å²) in [5.41, 5.74) is 1.90. The Kier molecular flexibility index (Phi) is 3.37. The highest BCUT2D eigenvalue weighted by Crippen LogP contribution is 2.13. The first-order valence-electron chi connectivity index (χ1n) is 6.57. The van der Waals surface area contributed by atoms with Crippen molar-refractivity contribution in [3.8, 4) is 11.4 Å². The molecule has 0 unspecified atom stereocenters. The molecule has 4 heteroatoms. The van der Waals surface area contributed by atoms with Gasteiger partial charge in [-0.05, 0) is 38.1 Å². The van der Waals surface area contributed by atoms with Crippen LogP contribution in [0.5, 0.6) is 0 Å². The Balaban J connectivity index is 1.63. The SMILES string of the molecule is c1ccc(-c2cn(CCN3CCCC3)cn2)nc1. The molecule has 1 aliphatic rings. The van der Waals surface area contributed by atoms with Crippen LogP contribution in [0.4, 0.5) is 0 Å². The molecule has 18 heavy (non-hydrogen) atoms. The van der Waals surface area contributed by atoms with Crippen molar-refractivity contribution in [1.29, 1.82) is 0 Å². The summed E-state index contributed by atoms with van der Waals surface area (Å²) in [7, 11) is 0. The van der Waals surface area contributed by atoms with Gasteiger partial charge in [-0.15, -0.1) is 0 Å². The summed E-state index contributed by atoms with van der Waals surface area (Å²) < 4.78 is 2.16. The van der Waals surface area contributed by atoms with E-state index < -0.39 is 0 Å². The first-order chi connectivity index (χ1) is 8.92. The van der Waals surface area contributed by atoms with E-state index in [0.29, 0.717) is 0 Å². The third kappa shape index (κ3) is 2.59. The molecule has 94 valence electrons. The molecule has 0 amide bonds. The van der Waals surface area contributed by atoms with Crippen molar-refractivity contribution in [3.05, 3.63) is 36.9 Å². The highest BCUT2D eigenvalue weighted by molar-refractivity contribution is 5.52. The molecule has 0 saturated carbocycles. The average molecular weight is 242 g/mol. The summed E-state index contributed by atoms with van der Waals surface area (Å²) in [6.07, 6.45) is 8.49. The lowest BCUT2D eigenvalue weighted by molar-refractivity contribution is 0.322. The Morgan fingerprint density at radius 2 is 1.89 bits per heavy atom. The fraction of sp³-hybridized carbons (Fsp3) is 0.429. The molecule has 4 nitrogen and oxygen atoms in total. The van der Waals surface area contributed by atoms with Crippen molar-refractivity contribution < 1.29 is 0 Å². The van der Waals surface area contributed by atoms with E-state index in [1.54, 1.807) is 6.20 Å². The zero-order chi connectivity index (χ0) is 12.2. The van der Waals surface area contributed by atoms with Crippen molar-refractivity contribution >= 4 is 0 Å². The maximum Gasteiger partial charge on any atom is 0.107 e. The molecule has 3 rings (SSSR count). The molecular formula is C14H18N4. The van der Waals surface area contributed by atoms with E-state index >= 15 is 0 Å². The van der Waals surface area contributed by atoms with Crippen LogP contribution in [-0.2, 0) is 6.54 Å². The van der Waals surface area contributed by atoms with Gasteiger partial charge in [0.2, 0.25) is 0 Å². The third-order valence-corrected chi connectivity index (χ3v) is 3.43. The Bertz CT molecular complexity index is 486. The number of likely N-dealkylation sites (tertiary alicyclic amines) is 1. The van der Waals surface area contributed by atoms with Crippen molar-refractivity contribution in [2.75, 3.05) is 19.6 Å². The molecule has 2 aromatic rings. The molecule has 0 atom stereocenters. The van der Waals surface area contributed by atoms with E-state index in [1.807, 2.05) is 24.5 Å². The van der Waals surface area contributed by atoms with Gasteiger partial charge in [0.1, 0.15) is 5.69 Å². The zero-order valence-electron chi connectivity index (χ0n) is 10.5. The third-order valence-electron chi connectivity index (χ3n) is 3.43. The van der Waals surface area contributed by atoms with Gasteiger partial charge in [0.25, 0.3) is 0 Å². The molecule has 0 aliphatic carbocycles. The molecule has 2 aromatic heterocycles. The molecule has 0 spiro atoms. The van der Waals surface area contributed by atoms with Crippen LogP contribution in [0.15, 0.2) is 36.9 Å². The minimum Gasteiger partial charge on any atom is -0.335 e. The van der Waals surface area contributed by atoms with Crippen molar-refractivity contribution in [3.63, 3.8) is 0 Å². The number of aromatic nitrogens is 3. The van der Waals surface area contributed by atoms with Crippen molar-refractivity contribution in [1.82, 2.24) is 19.4 Å². The molecule has 0 aromatic carbocycles. The standard InChI is InChI=1S/C14H18N4/c1-2-6-15-13(5-1)14-11-18(12-16-14)10-9-17-7-3-4-8-17/h1-2,5-6,11-12H,3-4,7-10H2. The topological polar surface area (TPSA) is 34.0 Å². The van der Waals surface area contributed by atoms with Crippen LogP contribution >= 0.6 is 0 Å². The summed E-state index contributed by atoms with van der Waals surface area (Å²) in [5.74, 6) is 0. The van der Waals surface area contributed by atoms with Gasteiger partial charge in [-0.1, -0.05) is 6.07 Å². The van der Waals surface area contributed by atoms with Crippen LogP contribution < -0.4 is 0 Å². The summed E-state index contributed by atoms with van der Waals surface area (Å²) in [5, 5.41) is 0. The van der Waals surface area contributed by atoms with E-state index in [2.05, 4.69) is 25.6 Å². The van der Waals surface area contributed by atoms with Crippen LogP contribution in [-0.4, -0.2) is 39.1 Å².